The smallest absolute Gasteiger partial charge is 0.347 e. The first-order chi connectivity index (χ1) is 7.58. The lowest BCUT2D eigenvalue weighted by Gasteiger charge is -2.30. The van der Waals surface area contributed by atoms with Gasteiger partial charge in [-0.3, -0.25) is 0 Å². The van der Waals surface area contributed by atoms with E-state index >= 15 is 0 Å². The van der Waals surface area contributed by atoms with Gasteiger partial charge in [-0.2, -0.15) is 11.8 Å². The Morgan fingerprint density at radius 2 is 2.38 bits per heavy atom. The molecule has 1 fully saturated rings. The second-order valence-corrected chi connectivity index (χ2v) is 6.37. The molecule has 1 atom stereocenters. The number of nitrogens with zero attached hydrogens (tertiary/aromatic N) is 2. The van der Waals surface area contributed by atoms with E-state index in [1.54, 1.807) is 6.92 Å². The third kappa shape index (κ3) is 2.32. The Labute approximate surface area is 103 Å². The molecule has 1 N–H and O–H groups in total. The van der Waals surface area contributed by atoms with Gasteiger partial charge in [0.1, 0.15) is 4.88 Å². The molecule has 0 aliphatic carbocycles. The topological polar surface area (TPSA) is 53.4 Å². The molecule has 2 heterocycles. The fraction of sp³-hybridized carbons (Fsp3) is 0.600. The SMILES string of the molecule is Cc1nc(N2CCSC(C)C2)sc1C(=O)O. The van der Waals surface area contributed by atoms with Gasteiger partial charge in [-0.05, 0) is 6.92 Å². The summed E-state index contributed by atoms with van der Waals surface area (Å²) in [5, 5.41) is 10.4. The molecule has 1 aliphatic rings. The van der Waals surface area contributed by atoms with Gasteiger partial charge in [0.2, 0.25) is 0 Å². The van der Waals surface area contributed by atoms with Gasteiger partial charge in [0, 0.05) is 24.1 Å². The van der Waals surface area contributed by atoms with E-state index < -0.39 is 5.97 Å². The number of rotatable bonds is 2. The van der Waals surface area contributed by atoms with Gasteiger partial charge < -0.3 is 10.0 Å². The number of hydrogen-bond acceptors (Lipinski definition) is 5. The second kappa shape index (κ2) is 4.63. The maximum absolute atomic E-state index is 10.9. The largest absolute Gasteiger partial charge is 0.477 e. The van der Waals surface area contributed by atoms with E-state index in [2.05, 4.69) is 16.8 Å². The number of aryl methyl sites for hydroxylation is 1. The van der Waals surface area contributed by atoms with Gasteiger partial charge >= 0.3 is 5.97 Å². The highest BCUT2D eigenvalue weighted by Crippen LogP contribution is 2.29. The van der Waals surface area contributed by atoms with Crippen molar-refractivity contribution >= 4 is 34.2 Å². The highest BCUT2D eigenvalue weighted by molar-refractivity contribution is 8.00. The normalized spacial score (nSPS) is 21.1. The molecule has 2 rings (SSSR count). The molecule has 0 aromatic carbocycles. The van der Waals surface area contributed by atoms with Crippen LogP contribution in [0.25, 0.3) is 0 Å². The Kier molecular flexibility index (Phi) is 3.39. The minimum Gasteiger partial charge on any atom is -0.477 e. The van der Waals surface area contributed by atoms with Gasteiger partial charge in [-0.1, -0.05) is 18.3 Å². The van der Waals surface area contributed by atoms with Crippen molar-refractivity contribution in [2.75, 3.05) is 23.7 Å². The lowest BCUT2D eigenvalue weighted by molar-refractivity contribution is 0.0701. The predicted molar refractivity (Wildman–Crippen MR) is 67.9 cm³/mol. The van der Waals surface area contributed by atoms with Gasteiger partial charge in [0.05, 0.1) is 5.69 Å². The summed E-state index contributed by atoms with van der Waals surface area (Å²) in [5.74, 6) is 0.211. The van der Waals surface area contributed by atoms with Gasteiger partial charge in [-0.15, -0.1) is 0 Å². The summed E-state index contributed by atoms with van der Waals surface area (Å²) >= 11 is 3.23. The van der Waals surface area contributed by atoms with Gasteiger partial charge in [0.15, 0.2) is 5.13 Å². The van der Waals surface area contributed by atoms with Crippen LogP contribution < -0.4 is 4.90 Å². The fourth-order valence-electron chi connectivity index (χ4n) is 1.71. The lowest BCUT2D eigenvalue weighted by Crippen LogP contribution is -2.36. The van der Waals surface area contributed by atoms with Crippen molar-refractivity contribution in [3.63, 3.8) is 0 Å². The third-order valence-corrected chi connectivity index (χ3v) is 4.83. The number of aromatic nitrogens is 1. The Morgan fingerprint density at radius 3 is 2.94 bits per heavy atom. The van der Waals surface area contributed by atoms with Crippen LogP contribution in [-0.4, -0.2) is 40.2 Å². The zero-order valence-electron chi connectivity index (χ0n) is 9.27. The minimum atomic E-state index is -0.874. The number of carboxylic acids is 1. The predicted octanol–water partition coefficient (Wildman–Crippen LogP) is 2.09. The molecule has 6 heteroatoms. The average molecular weight is 258 g/mol. The molecular weight excluding hydrogens is 244 g/mol. The van der Waals surface area contributed by atoms with Crippen LogP contribution in [-0.2, 0) is 0 Å². The number of anilines is 1. The van der Waals surface area contributed by atoms with Gasteiger partial charge in [-0.25, -0.2) is 9.78 Å². The molecule has 1 saturated heterocycles. The summed E-state index contributed by atoms with van der Waals surface area (Å²) in [6, 6.07) is 0. The van der Waals surface area contributed by atoms with Crippen LogP contribution in [0.4, 0.5) is 5.13 Å². The summed E-state index contributed by atoms with van der Waals surface area (Å²) in [6.45, 7) is 5.86. The second-order valence-electron chi connectivity index (χ2n) is 3.84. The Hall–Kier alpha value is -0.750. The number of aromatic carboxylic acids is 1. The number of hydrogen-bond donors (Lipinski definition) is 1. The molecule has 1 aromatic rings. The van der Waals surface area contributed by atoms with Crippen LogP contribution in [0.1, 0.15) is 22.3 Å². The van der Waals surface area contributed by atoms with Crippen LogP contribution in [0, 0.1) is 6.92 Å². The van der Waals surface area contributed by atoms with E-state index in [-0.39, 0.29) is 0 Å². The molecule has 1 aliphatic heterocycles. The summed E-state index contributed by atoms with van der Waals surface area (Å²) in [5.41, 5.74) is 0.623. The maximum Gasteiger partial charge on any atom is 0.347 e. The third-order valence-electron chi connectivity index (χ3n) is 2.49. The molecule has 1 unspecified atom stereocenters. The monoisotopic (exact) mass is 258 g/mol. The minimum absolute atomic E-state index is 0.362. The molecule has 0 spiro atoms. The van der Waals surface area contributed by atoms with Crippen LogP contribution in [0.15, 0.2) is 0 Å². The maximum atomic E-state index is 10.9. The van der Waals surface area contributed by atoms with E-state index in [0.717, 1.165) is 24.0 Å². The van der Waals surface area contributed by atoms with Crippen molar-refractivity contribution in [1.29, 1.82) is 0 Å². The van der Waals surface area contributed by atoms with E-state index in [4.69, 9.17) is 5.11 Å². The van der Waals surface area contributed by atoms with Crippen molar-refractivity contribution in [3.05, 3.63) is 10.6 Å². The zero-order chi connectivity index (χ0) is 11.7. The first kappa shape index (κ1) is 11.7. The average Bonchev–Trinajstić information content (AvgIpc) is 2.60. The van der Waals surface area contributed by atoms with Crippen LogP contribution >= 0.6 is 23.1 Å². The highest BCUT2D eigenvalue weighted by Gasteiger charge is 2.22. The van der Waals surface area contributed by atoms with Crippen molar-refractivity contribution < 1.29 is 9.90 Å². The van der Waals surface area contributed by atoms with Crippen molar-refractivity contribution in [3.8, 4) is 0 Å². The Morgan fingerprint density at radius 1 is 1.62 bits per heavy atom. The van der Waals surface area contributed by atoms with Crippen molar-refractivity contribution in [2.45, 2.75) is 19.1 Å². The number of thioether (sulfide) groups is 1. The van der Waals surface area contributed by atoms with Crippen LogP contribution in [0.2, 0.25) is 0 Å². The lowest BCUT2D eigenvalue weighted by atomic mass is 10.4. The molecule has 88 valence electrons. The number of carbonyl (C=O) groups is 1. The number of thiazole rings is 1. The molecule has 0 bridgehead atoms. The molecule has 0 radical (unpaired) electrons. The highest BCUT2D eigenvalue weighted by atomic mass is 32.2. The fourth-order valence-corrected chi connectivity index (χ4v) is 3.66. The molecule has 1 aromatic heterocycles. The molecule has 4 nitrogen and oxygen atoms in total. The van der Waals surface area contributed by atoms with Crippen LogP contribution in [0.3, 0.4) is 0 Å². The summed E-state index contributed by atoms with van der Waals surface area (Å²) in [7, 11) is 0. The van der Waals surface area contributed by atoms with E-state index in [1.807, 2.05) is 11.8 Å². The number of carboxylic acid groups (broad SMARTS) is 1. The molecule has 0 saturated carbocycles. The van der Waals surface area contributed by atoms with Crippen molar-refractivity contribution in [2.24, 2.45) is 0 Å². The summed E-state index contributed by atoms with van der Waals surface area (Å²) in [4.78, 5) is 17.8. The van der Waals surface area contributed by atoms with Gasteiger partial charge in [0.25, 0.3) is 0 Å². The van der Waals surface area contributed by atoms with Crippen molar-refractivity contribution in [1.82, 2.24) is 4.98 Å². The molecule has 0 amide bonds. The quantitative estimate of drug-likeness (QED) is 0.880. The van der Waals surface area contributed by atoms with Crippen LogP contribution in [0.5, 0.6) is 0 Å². The van der Waals surface area contributed by atoms with E-state index in [1.165, 1.54) is 11.3 Å². The zero-order valence-corrected chi connectivity index (χ0v) is 10.9. The Bertz CT molecular complexity index is 406. The summed E-state index contributed by atoms with van der Waals surface area (Å²) in [6.07, 6.45) is 0. The summed E-state index contributed by atoms with van der Waals surface area (Å²) < 4.78 is 0. The first-order valence-corrected chi connectivity index (χ1v) is 7.01. The van der Waals surface area contributed by atoms with E-state index in [9.17, 15) is 4.79 Å². The molecule has 16 heavy (non-hydrogen) atoms. The standard InChI is InChI=1S/C10H14N2O2S2/c1-6-5-12(3-4-15-6)10-11-7(2)8(16-10)9(13)14/h6H,3-5H2,1-2H3,(H,13,14). The first-order valence-electron chi connectivity index (χ1n) is 5.15. The molecular formula is C10H14N2O2S2. The Balaban J connectivity index is 2.20. The van der Waals surface area contributed by atoms with E-state index in [0.29, 0.717) is 15.8 Å².